The van der Waals surface area contributed by atoms with Gasteiger partial charge in [-0.1, -0.05) is 18.2 Å². The molecule has 4 heteroatoms. The van der Waals surface area contributed by atoms with Crippen molar-refractivity contribution in [3.8, 4) is 5.75 Å². The Balaban J connectivity index is 1.99. The molecular weight excluding hydrogens is 264 g/mol. The van der Waals surface area contributed by atoms with E-state index in [0.717, 1.165) is 22.4 Å². The van der Waals surface area contributed by atoms with Crippen LogP contribution in [0.2, 0.25) is 0 Å². The van der Waals surface area contributed by atoms with Crippen molar-refractivity contribution in [2.45, 2.75) is 26.3 Å². The van der Waals surface area contributed by atoms with Crippen LogP contribution in [0.15, 0.2) is 42.7 Å². The van der Waals surface area contributed by atoms with E-state index in [2.05, 4.69) is 10.3 Å². The largest absolute Gasteiger partial charge is 0.496 e. The van der Waals surface area contributed by atoms with Gasteiger partial charge in [-0.2, -0.15) is 0 Å². The maximum Gasteiger partial charge on any atom is 0.224 e. The molecule has 1 heterocycles. The summed E-state index contributed by atoms with van der Waals surface area (Å²) in [5, 5.41) is 2.98. The molecule has 2 aromatic rings. The number of carbonyl (C=O) groups is 1. The molecule has 0 saturated heterocycles. The Morgan fingerprint density at radius 2 is 2.19 bits per heavy atom. The van der Waals surface area contributed by atoms with Crippen LogP contribution in [0.1, 0.15) is 29.7 Å². The monoisotopic (exact) mass is 284 g/mol. The zero-order valence-electron chi connectivity index (χ0n) is 12.6. The maximum atomic E-state index is 12.1. The summed E-state index contributed by atoms with van der Waals surface area (Å²) < 4.78 is 5.28. The number of methoxy groups -OCH3 is 1. The van der Waals surface area contributed by atoms with Crippen molar-refractivity contribution in [3.05, 3.63) is 59.4 Å². The molecule has 0 bridgehead atoms. The normalized spacial score (nSPS) is 11.8. The van der Waals surface area contributed by atoms with Gasteiger partial charge in [0.15, 0.2) is 0 Å². The van der Waals surface area contributed by atoms with Gasteiger partial charge in [0.1, 0.15) is 5.75 Å². The lowest BCUT2D eigenvalue weighted by molar-refractivity contribution is -0.121. The lowest BCUT2D eigenvalue weighted by Crippen LogP contribution is -2.28. The minimum absolute atomic E-state index is 0.0164. The highest BCUT2D eigenvalue weighted by atomic mass is 16.5. The first-order valence-corrected chi connectivity index (χ1v) is 6.93. The number of benzene rings is 1. The SMILES string of the molecule is COc1cc(CC(=O)NC(C)c2cccnc2)ccc1C. The number of pyridine rings is 1. The van der Waals surface area contributed by atoms with Crippen LogP contribution in [0, 0.1) is 6.92 Å². The van der Waals surface area contributed by atoms with Gasteiger partial charge in [-0.3, -0.25) is 9.78 Å². The van der Waals surface area contributed by atoms with E-state index in [1.54, 1.807) is 19.5 Å². The van der Waals surface area contributed by atoms with Crippen molar-refractivity contribution < 1.29 is 9.53 Å². The second kappa shape index (κ2) is 6.88. The lowest BCUT2D eigenvalue weighted by Gasteiger charge is -2.14. The first-order valence-electron chi connectivity index (χ1n) is 6.93. The summed E-state index contributed by atoms with van der Waals surface area (Å²) in [6, 6.07) is 9.58. The number of aromatic nitrogens is 1. The smallest absolute Gasteiger partial charge is 0.224 e. The third-order valence-corrected chi connectivity index (χ3v) is 3.40. The molecule has 0 fully saturated rings. The summed E-state index contributed by atoms with van der Waals surface area (Å²) in [7, 11) is 1.64. The molecule has 110 valence electrons. The molecular formula is C17H20N2O2. The molecule has 1 N–H and O–H groups in total. The van der Waals surface area contributed by atoms with Crippen LogP contribution in [-0.2, 0) is 11.2 Å². The standard InChI is InChI=1S/C17H20N2O2/c1-12-6-7-14(9-16(12)21-3)10-17(20)19-13(2)15-5-4-8-18-11-15/h4-9,11,13H,10H2,1-3H3,(H,19,20). The van der Waals surface area contributed by atoms with Crippen LogP contribution >= 0.6 is 0 Å². The highest BCUT2D eigenvalue weighted by molar-refractivity contribution is 5.79. The number of carbonyl (C=O) groups excluding carboxylic acids is 1. The molecule has 4 nitrogen and oxygen atoms in total. The Morgan fingerprint density at radius 3 is 2.86 bits per heavy atom. The predicted octanol–water partition coefficient (Wildman–Crippen LogP) is 2.82. The number of nitrogens with one attached hydrogen (secondary N) is 1. The summed E-state index contributed by atoms with van der Waals surface area (Å²) in [5.41, 5.74) is 2.99. The number of hydrogen-bond donors (Lipinski definition) is 1. The topological polar surface area (TPSA) is 51.2 Å². The number of nitrogens with zero attached hydrogens (tertiary/aromatic N) is 1. The summed E-state index contributed by atoms with van der Waals surface area (Å²) in [6.07, 6.45) is 3.82. The number of hydrogen-bond acceptors (Lipinski definition) is 3. The Hall–Kier alpha value is -2.36. The fourth-order valence-electron chi connectivity index (χ4n) is 2.17. The highest BCUT2D eigenvalue weighted by Gasteiger charge is 2.11. The van der Waals surface area contributed by atoms with Crippen LogP contribution in [0.4, 0.5) is 0 Å². The van der Waals surface area contributed by atoms with Gasteiger partial charge in [-0.15, -0.1) is 0 Å². The molecule has 1 amide bonds. The minimum atomic E-state index is -0.0569. The third-order valence-electron chi connectivity index (χ3n) is 3.40. The van der Waals surface area contributed by atoms with Gasteiger partial charge in [-0.05, 0) is 42.7 Å². The van der Waals surface area contributed by atoms with E-state index in [9.17, 15) is 4.79 Å². The summed E-state index contributed by atoms with van der Waals surface area (Å²) in [6.45, 7) is 3.93. The van der Waals surface area contributed by atoms with Crippen LogP contribution in [0.25, 0.3) is 0 Å². The van der Waals surface area contributed by atoms with E-state index >= 15 is 0 Å². The maximum absolute atomic E-state index is 12.1. The average molecular weight is 284 g/mol. The molecule has 2 rings (SSSR count). The first-order chi connectivity index (χ1) is 10.1. The highest BCUT2D eigenvalue weighted by Crippen LogP contribution is 2.19. The van der Waals surface area contributed by atoms with Gasteiger partial charge in [-0.25, -0.2) is 0 Å². The van der Waals surface area contributed by atoms with E-state index in [4.69, 9.17) is 4.74 Å². The number of aryl methyl sites for hydroxylation is 1. The quantitative estimate of drug-likeness (QED) is 0.918. The molecule has 1 aromatic carbocycles. The minimum Gasteiger partial charge on any atom is -0.496 e. The second-order valence-electron chi connectivity index (χ2n) is 5.06. The fraction of sp³-hybridized carbons (Fsp3) is 0.294. The van der Waals surface area contributed by atoms with E-state index in [1.807, 2.05) is 44.2 Å². The van der Waals surface area contributed by atoms with Crippen molar-refractivity contribution in [1.29, 1.82) is 0 Å². The van der Waals surface area contributed by atoms with Gasteiger partial charge < -0.3 is 10.1 Å². The molecule has 1 aromatic heterocycles. The van der Waals surface area contributed by atoms with Crippen LogP contribution in [0.5, 0.6) is 5.75 Å². The first kappa shape index (κ1) is 15.0. The fourth-order valence-corrected chi connectivity index (χ4v) is 2.17. The van der Waals surface area contributed by atoms with E-state index < -0.39 is 0 Å². The number of ether oxygens (including phenoxy) is 1. The van der Waals surface area contributed by atoms with Crippen molar-refractivity contribution in [1.82, 2.24) is 10.3 Å². The number of amides is 1. The Morgan fingerprint density at radius 1 is 1.38 bits per heavy atom. The molecule has 0 spiro atoms. The molecule has 0 aliphatic heterocycles. The molecule has 1 atom stereocenters. The van der Waals surface area contributed by atoms with Gasteiger partial charge >= 0.3 is 0 Å². The van der Waals surface area contributed by atoms with E-state index in [0.29, 0.717) is 6.42 Å². The van der Waals surface area contributed by atoms with Crippen molar-refractivity contribution in [3.63, 3.8) is 0 Å². The van der Waals surface area contributed by atoms with Crippen LogP contribution < -0.4 is 10.1 Å². The Bertz CT molecular complexity index is 611. The van der Waals surface area contributed by atoms with Crippen LogP contribution in [-0.4, -0.2) is 18.0 Å². The van der Waals surface area contributed by atoms with E-state index in [-0.39, 0.29) is 11.9 Å². The molecule has 0 saturated carbocycles. The van der Waals surface area contributed by atoms with Gasteiger partial charge in [0.05, 0.1) is 19.6 Å². The van der Waals surface area contributed by atoms with Crippen molar-refractivity contribution >= 4 is 5.91 Å². The third kappa shape index (κ3) is 4.05. The van der Waals surface area contributed by atoms with Gasteiger partial charge in [0, 0.05) is 12.4 Å². The summed E-state index contributed by atoms with van der Waals surface area (Å²) in [4.78, 5) is 16.2. The number of rotatable bonds is 5. The molecule has 0 radical (unpaired) electrons. The average Bonchev–Trinajstić information content (AvgIpc) is 2.50. The molecule has 0 aliphatic carbocycles. The Labute approximate surface area is 125 Å². The zero-order chi connectivity index (χ0) is 15.2. The Kier molecular flexibility index (Phi) is 4.93. The summed E-state index contributed by atoms with van der Waals surface area (Å²) in [5.74, 6) is 0.790. The summed E-state index contributed by atoms with van der Waals surface area (Å²) >= 11 is 0. The van der Waals surface area contributed by atoms with Crippen molar-refractivity contribution in [2.24, 2.45) is 0 Å². The molecule has 1 unspecified atom stereocenters. The molecule has 21 heavy (non-hydrogen) atoms. The zero-order valence-corrected chi connectivity index (χ0v) is 12.6. The van der Waals surface area contributed by atoms with Crippen LogP contribution in [0.3, 0.4) is 0 Å². The predicted molar refractivity (Wildman–Crippen MR) is 82.2 cm³/mol. The van der Waals surface area contributed by atoms with Gasteiger partial charge in [0.2, 0.25) is 5.91 Å². The van der Waals surface area contributed by atoms with Crippen molar-refractivity contribution in [2.75, 3.05) is 7.11 Å². The van der Waals surface area contributed by atoms with E-state index in [1.165, 1.54) is 0 Å². The molecule has 0 aliphatic rings. The second-order valence-corrected chi connectivity index (χ2v) is 5.06. The lowest BCUT2D eigenvalue weighted by atomic mass is 10.1. The van der Waals surface area contributed by atoms with Gasteiger partial charge in [0.25, 0.3) is 0 Å².